The first kappa shape index (κ1) is 10.8. The SMILES string of the molecule is Nc1ccc(C2CCC(=O)NC2=O)n2nccc12. The zero-order valence-corrected chi connectivity index (χ0v) is 9.59. The fraction of sp³-hybridized carbons (Fsp3) is 0.250. The molecule has 1 unspecified atom stereocenters. The average molecular weight is 244 g/mol. The maximum Gasteiger partial charge on any atom is 0.235 e. The van der Waals surface area contributed by atoms with E-state index in [9.17, 15) is 9.59 Å². The zero-order chi connectivity index (χ0) is 12.7. The molecule has 2 aromatic heterocycles. The number of carbonyl (C=O) groups excluding carboxylic acids is 2. The number of aromatic nitrogens is 2. The molecular formula is C12H12N4O2. The lowest BCUT2D eigenvalue weighted by Gasteiger charge is -2.21. The standard InChI is InChI=1S/C12H12N4O2/c13-8-2-3-9(16-10(8)5-6-14-16)7-1-4-11(17)15-12(7)18/h2-3,5-7H,1,4,13H2,(H,15,17,18). The van der Waals surface area contributed by atoms with Gasteiger partial charge in [-0.05, 0) is 24.6 Å². The van der Waals surface area contributed by atoms with Gasteiger partial charge in [0.15, 0.2) is 0 Å². The number of hydrogen-bond donors (Lipinski definition) is 2. The topological polar surface area (TPSA) is 89.5 Å². The van der Waals surface area contributed by atoms with E-state index in [-0.39, 0.29) is 17.7 Å². The van der Waals surface area contributed by atoms with Crippen molar-refractivity contribution in [3.63, 3.8) is 0 Å². The van der Waals surface area contributed by atoms with E-state index in [4.69, 9.17) is 5.73 Å². The Morgan fingerprint density at radius 1 is 1.33 bits per heavy atom. The largest absolute Gasteiger partial charge is 0.397 e. The number of pyridine rings is 1. The first-order chi connectivity index (χ1) is 8.66. The molecule has 1 atom stereocenters. The molecule has 1 aliphatic heterocycles. The number of hydrogen-bond acceptors (Lipinski definition) is 4. The van der Waals surface area contributed by atoms with Gasteiger partial charge in [-0.1, -0.05) is 0 Å². The number of anilines is 1. The van der Waals surface area contributed by atoms with Crippen LogP contribution in [0.25, 0.3) is 5.52 Å². The minimum atomic E-state index is -0.356. The number of fused-ring (bicyclic) bond motifs is 1. The van der Waals surface area contributed by atoms with Crippen LogP contribution in [-0.4, -0.2) is 21.4 Å². The molecule has 92 valence electrons. The van der Waals surface area contributed by atoms with Gasteiger partial charge in [0.05, 0.1) is 29.0 Å². The van der Waals surface area contributed by atoms with Gasteiger partial charge in [0.1, 0.15) is 0 Å². The number of carbonyl (C=O) groups is 2. The van der Waals surface area contributed by atoms with Crippen molar-refractivity contribution in [3.8, 4) is 0 Å². The molecule has 0 radical (unpaired) electrons. The monoisotopic (exact) mass is 244 g/mol. The van der Waals surface area contributed by atoms with Crippen LogP contribution in [0.1, 0.15) is 24.5 Å². The molecule has 1 aliphatic rings. The third-order valence-corrected chi connectivity index (χ3v) is 3.21. The summed E-state index contributed by atoms with van der Waals surface area (Å²) < 4.78 is 1.66. The van der Waals surface area contributed by atoms with Crippen molar-refractivity contribution in [3.05, 3.63) is 30.1 Å². The van der Waals surface area contributed by atoms with Crippen molar-refractivity contribution < 1.29 is 9.59 Å². The van der Waals surface area contributed by atoms with Gasteiger partial charge in [0, 0.05) is 6.42 Å². The summed E-state index contributed by atoms with van der Waals surface area (Å²) in [5.74, 6) is -0.845. The minimum absolute atomic E-state index is 0.219. The first-order valence-electron chi connectivity index (χ1n) is 5.72. The van der Waals surface area contributed by atoms with Gasteiger partial charge >= 0.3 is 0 Å². The van der Waals surface area contributed by atoms with Crippen LogP contribution in [0.2, 0.25) is 0 Å². The van der Waals surface area contributed by atoms with Crippen LogP contribution in [0.4, 0.5) is 5.69 Å². The van der Waals surface area contributed by atoms with Crippen LogP contribution >= 0.6 is 0 Å². The van der Waals surface area contributed by atoms with Crippen LogP contribution in [0, 0.1) is 0 Å². The molecular weight excluding hydrogens is 232 g/mol. The molecule has 6 nitrogen and oxygen atoms in total. The van der Waals surface area contributed by atoms with E-state index < -0.39 is 0 Å². The summed E-state index contributed by atoms with van der Waals surface area (Å²) in [7, 11) is 0. The van der Waals surface area contributed by atoms with Gasteiger partial charge in [-0.2, -0.15) is 5.10 Å². The van der Waals surface area contributed by atoms with Crippen molar-refractivity contribution >= 4 is 23.0 Å². The van der Waals surface area contributed by atoms with Crippen LogP contribution in [0.15, 0.2) is 24.4 Å². The van der Waals surface area contributed by atoms with E-state index in [1.165, 1.54) is 0 Å². The van der Waals surface area contributed by atoms with Crippen molar-refractivity contribution in [2.75, 3.05) is 5.73 Å². The quantitative estimate of drug-likeness (QED) is 0.712. The number of imide groups is 1. The smallest absolute Gasteiger partial charge is 0.235 e. The van der Waals surface area contributed by atoms with E-state index in [0.29, 0.717) is 18.5 Å². The molecule has 0 spiro atoms. The van der Waals surface area contributed by atoms with Crippen molar-refractivity contribution in [1.82, 2.24) is 14.9 Å². The molecule has 18 heavy (non-hydrogen) atoms. The molecule has 0 aromatic carbocycles. The van der Waals surface area contributed by atoms with Crippen LogP contribution in [0.3, 0.4) is 0 Å². The third-order valence-electron chi connectivity index (χ3n) is 3.21. The van der Waals surface area contributed by atoms with Gasteiger partial charge in [0.2, 0.25) is 11.8 Å². The second-order valence-electron chi connectivity index (χ2n) is 4.35. The van der Waals surface area contributed by atoms with E-state index in [1.54, 1.807) is 28.9 Å². The maximum absolute atomic E-state index is 11.9. The number of piperidine rings is 1. The minimum Gasteiger partial charge on any atom is -0.397 e. The second kappa shape index (κ2) is 3.83. The van der Waals surface area contributed by atoms with E-state index in [2.05, 4.69) is 10.4 Å². The van der Waals surface area contributed by atoms with Gasteiger partial charge in [0.25, 0.3) is 0 Å². The summed E-state index contributed by atoms with van der Waals surface area (Å²) in [6.45, 7) is 0. The molecule has 2 amide bonds. The summed E-state index contributed by atoms with van der Waals surface area (Å²) in [4.78, 5) is 23.0. The van der Waals surface area contributed by atoms with Crippen LogP contribution in [0.5, 0.6) is 0 Å². The molecule has 0 aliphatic carbocycles. The zero-order valence-electron chi connectivity index (χ0n) is 9.59. The molecule has 3 N–H and O–H groups in total. The molecule has 3 rings (SSSR count). The summed E-state index contributed by atoms with van der Waals surface area (Å²) in [5.41, 5.74) is 7.99. The predicted octanol–water partition coefficient (Wildman–Crippen LogP) is 0.437. The van der Waals surface area contributed by atoms with Crippen molar-refractivity contribution in [1.29, 1.82) is 0 Å². The molecule has 6 heteroatoms. The number of nitrogens with two attached hydrogens (primary N) is 1. The Hall–Kier alpha value is -2.37. The number of rotatable bonds is 1. The lowest BCUT2D eigenvalue weighted by atomic mass is 9.94. The van der Waals surface area contributed by atoms with Crippen molar-refractivity contribution in [2.24, 2.45) is 0 Å². The molecule has 1 saturated heterocycles. The summed E-state index contributed by atoms with van der Waals surface area (Å²) in [6, 6.07) is 5.34. The maximum atomic E-state index is 11.9. The highest BCUT2D eigenvalue weighted by Crippen LogP contribution is 2.27. The highest BCUT2D eigenvalue weighted by molar-refractivity contribution is 6.00. The summed E-state index contributed by atoms with van der Waals surface area (Å²) >= 11 is 0. The van der Waals surface area contributed by atoms with E-state index >= 15 is 0 Å². The molecule has 2 aromatic rings. The lowest BCUT2D eigenvalue weighted by Crippen LogP contribution is -2.40. The Balaban J connectivity index is 2.09. The Morgan fingerprint density at radius 2 is 2.17 bits per heavy atom. The Morgan fingerprint density at radius 3 is 2.94 bits per heavy atom. The van der Waals surface area contributed by atoms with Gasteiger partial charge < -0.3 is 5.73 Å². The number of nitrogens with one attached hydrogen (secondary N) is 1. The Bertz CT molecular complexity index is 647. The first-order valence-corrected chi connectivity index (χ1v) is 5.72. The Kier molecular flexibility index (Phi) is 2.29. The summed E-state index contributed by atoms with van der Waals surface area (Å²) in [6.07, 6.45) is 2.49. The fourth-order valence-corrected chi connectivity index (χ4v) is 2.30. The lowest BCUT2D eigenvalue weighted by molar-refractivity contribution is -0.134. The normalized spacial score (nSPS) is 20.1. The van der Waals surface area contributed by atoms with Crippen LogP contribution in [-0.2, 0) is 9.59 Å². The van der Waals surface area contributed by atoms with Gasteiger partial charge in [-0.25, -0.2) is 4.52 Å². The number of amides is 2. The molecule has 0 saturated carbocycles. The van der Waals surface area contributed by atoms with Crippen LogP contribution < -0.4 is 11.1 Å². The number of nitrogens with zero attached hydrogens (tertiary/aromatic N) is 2. The highest BCUT2D eigenvalue weighted by atomic mass is 16.2. The van der Waals surface area contributed by atoms with E-state index in [0.717, 1.165) is 11.2 Å². The van der Waals surface area contributed by atoms with E-state index in [1.807, 2.05) is 0 Å². The second-order valence-corrected chi connectivity index (χ2v) is 4.35. The Labute approximate surface area is 103 Å². The van der Waals surface area contributed by atoms with Crippen molar-refractivity contribution in [2.45, 2.75) is 18.8 Å². The third kappa shape index (κ3) is 1.54. The molecule has 3 heterocycles. The van der Waals surface area contributed by atoms with Gasteiger partial charge in [-0.3, -0.25) is 14.9 Å². The number of nitrogen functional groups attached to an aromatic ring is 1. The van der Waals surface area contributed by atoms with Gasteiger partial charge in [-0.15, -0.1) is 0 Å². The predicted molar refractivity (Wildman–Crippen MR) is 64.7 cm³/mol. The summed E-state index contributed by atoms with van der Waals surface area (Å²) in [5, 5.41) is 6.53. The average Bonchev–Trinajstić information content (AvgIpc) is 2.81. The molecule has 1 fully saturated rings. The highest BCUT2D eigenvalue weighted by Gasteiger charge is 2.29. The fourth-order valence-electron chi connectivity index (χ4n) is 2.30. The molecule has 0 bridgehead atoms.